The van der Waals surface area contributed by atoms with Crippen molar-refractivity contribution in [2.24, 2.45) is 0 Å². The van der Waals surface area contributed by atoms with Gasteiger partial charge in [0.05, 0.1) is 0 Å². The summed E-state index contributed by atoms with van der Waals surface area (Å²) in [5.74, 6) is -4.82. The van der Waals surface area contributed by atoms with Gasteiger partial charge in [-0.05, 0) is 24.7 Å². The predicted octanol–water partition coefficient (Wildman–Crippen LogP) is 3.91. The number of alkyl halides is 5. The van der Waals surface area contributed by atoms with Crippen molar-refractivity contribution < 1.29 is 22.0 Å². The molecule has 0 radical (unpaired) electrons. The Balaban J connectivity index is 3.11. The zero-order valence-corrected chi connectivity index (χ0v) is 10.2. The van der Waals surface area contributed by atoms with Crippen LogP contribution in [0.15, 0.2) is 28.7 Å². The van der Waals surface area contributed by atoms with E-state index >= 15 is 0 Å². The van der Waals surface area contributed by atoms with Crippen molar-refractivity contribution in [3.8, 4) is 0 Å². The molecule has 0 fully saturated rings. The molecule has 0 aliphatic rings. The Hall–Kier alpha value is -0.690. The minimum atomic E-state index is -5.59. The van der Waals surface area contributed by atoms with E-state index in [-0.39, 0.29) is 5.56 Å². The fourth-order valence-electron chi connectivity index (χ4n) is 1.38. The number of halogens is 6. The average molecular weight is 318 g/mol. The van der Waals surface area contributed by atoms with E-state index in [2.05, 4.69) is 15.9 Å². The first-order valence-electron chi connectivity index (χ1n) is 4.57. The molecule has 0 saturated heterocycles. The van der Waals surface area contributed by atoms with Crippen LogP contribution >= 0.6 is 15.9 Å². The third kappa shape index (κ3) is 2.95. The molecule has 0 aliphatic heterocycles. The Labute approximate surface area is 103 Å². The van der Waals surface area contributed by atoms with Crippen LogP contribution < -0.4 is 5.32 Å². The highest BCUT2D eigenvalue weighted by molar-refractivity contribution is 9.10. The van der Waals surface area contributed by atoms with Gasteiger partial charge >= 0.3 is 12.1 Å². The summed E-state index contributed by atoms with van der Waals surface area (Å²) >= 11 is 3.08. The van der Waals surface area contributed by atoms with E-state index in [9.17, 15) is 22.0 Å². The van der Waals surface area contributed by atoms with Crippen LogP contribution in [0.4, 0.5) is 22.0 Å². The molecule has 0 bridgehead atoms. The molecule has 1 atom stereocenters. The van der Waals surface area contributed by atoms with Crippen LogP contribution in [0.3, 0.4) is 0 Å². The van der Waals surface area contributed by atoms with Gasteiger partial charge in [0.2, 0.25) is 0 Å². The van der Waals surface area contributed by atoms with E-state index in [0.717, 1.165) is 7.05 Å². The van der Waals surface area contributed by atoms with Gasteiger partial charge in [-0.25, -0.2) is 0 Å². The Morgan fingerprint density at radius 3 is 1.88 bits per heavy atom. The predicted molar refractivity (Wildman–Crippen MR) is 56.9 cm³/mol. The Bertz CT molecular complexity index is 373. The van der Waals surface area contributed by atoms with Crippen molar-refractivity contribution in [2.45, 2.75) is 18.1 Å². The maximum Gasteiger partial charge on any atom is 0.455 e. The standard InChI is InChI=1S/C10H9BrF5N/c1-17-8(9(12,13)10(14,15)16)6-2-4-7(11)5-3-6/h2-5,8,17H,1H3. The molecule has 1 unspecified atom stereocenters. The van der Waals surface area contributed by atoms with Gasteiger partial charge < -0.3 is 5.32 Å². The van der Waals surface area contributed by atoms with Crippen molar-refractivity contribution in [3.05, 3.63) is 34.3 Å². The van der Waals surface area contributed by atoms with Gasteiger partial charge in [0.25, 0.3) is 0 Å². The van der Waals surface area contributed by atoms with E-state index < -0.39 is 18.1 Å². The van der Waals surface area contributed by atoms with Gasteiger partial charge in [-0.15, -0.1) is 0 Å². The number of benzene rings is 1. The Morgan fingerprint density at radius 2 is 1.53 bits per heavy atom. The number of nitrogens with one attached hydrogen (secondary N) is 1. The molecule has 0 aromatic heterocycles. The van der Waals surface area contributed by atoms with Crippen LogP contribution in [-0.4, -0.2) is 19.1 Å². The molecule has 0 spiro atoms. The summed E-state index contributed by atoms with van der Waals surface area (Å²) < 4.78 is 63.7. The van der Waals surface area contributed by atoms with Gasteiger partial charge in [0.15, 0.2) is 0 Å². The molecule has 1 N–H and O–H groups in total. The summed E-state index contributed by atoms with van der Waals surface area (Å²) in [7, 11) is 1.06. The maximum absolute atomic E-state index is 13.2. The van der Waals surface area contributed by atoms with Crippen LogP contribution in [0.25, 0.3) is 0 Å². The largest absolute Gasteiger partial charge is 0.455 e. The average Bonchev–Trinajstić information content (AvgIpc) is 2.20. The molecule has 17 heavy (non-hydrogen) atoms. The molecule has 0 saturated carbocycles. The quantitative estimate of drug-likeness (QED) is 0.833. The summed E-state index contributed by atoms with van der Waals surface area (Å²) in [5.41, 5.74) is -0.127. The minimum Gasteiger partial charge on any atom is -0.308 e. The van der Waals surface area contributed by atoms with E-state index in [1.807, 2.05) is 5.32 Å². The molecule has 1 aromatic carbocycles. The third-order valence-corrected chi connectivity index (χ3v) is 2.76. The first-order valence-corrected chi connectivity index (χ1v) is 5.36. The van der Waals surface area contributed by atoms with Crippen LogP contribution in [0, 0.1) is 0 Å². The molecule has 0 aliphatic carbocycles. The highest BCUT2D eigenvalue weighted by Gasteiger charge is 2.62. The topological polar surface area (TPSA) is 12.0 Å². The SMILES string of the molecule is CNC(c1ccc(Br)cc1)C(F)(F)C(F)(F)F. The van der Waals surface area contributed by atoms with E-state index in [0.29, 0.717) is 4.47 Å². The van der Waals surface area contributed by atoms with Gasteiger partial charge in [0, 0.05) is 4.47 Å². The zero-order chi connectivity index (χ0) is 13.3. The molecule has 0 amide bonds. The number of rotatable bonds is 3. The van der Waals surface area contributed by atoms with Crippen molar-refractivity contribution in [1.82, 2.24) is 5.32 Å². The minimum absolute atomic E-state index is 0.127. The lowest BCUT2D eigenvalue weighted by Gasteiger charge is -2.28. The second-order valence-electron chi connectivity index (χ2n) is 3.39. The fourth-order valence-corrected chi connectivity index (χ4v) is 1.64. The van der Waals surface area contributed by atoms with E-state index in [4.69, 9.17) is 0 Å². The lowest BCUT2D eigenvalue weighted by atomic mass is 10.0. The number of hydrogen-bond donors (Lipinski definition) is 1. The smallest absolute Gasteiger partial charge is 0.308 e. The lowest BCUT2D eigenvalue weighted by Crippen LogP contribution is -2.47. The Morgan fingerprint density at radius 1 is 1.06 bits per heavy atom. The van der Waals surface area contributed by atoms with Gasteiger partial charge in [-0.2, -0.15) is 22.0 Å². The van der Waals surface area contributed by atoms with Gasteiger partial charge in [-0.1, -0.05) is 28.1 Å². The summed E-state index contributed by atoms with van der Waals surface area (Å²) in [6, 6.07) is 3.14. The molecular weight excluding hydrogens is 309 g/mol. The molecule has 1 nitrogen and oxygen atoms in total. The van der Waals surface area contributed by atoms with Crippen molar-refractivity contribution in [2.75, 3.05) is 7.05 Å². The zero-order valence-electron chi connectivity index (χ0n) is 8.65. The van der Waals surface area contributed by atoms with Crippen LogP contribution in [0.2, 0.25) is 0 Å². The van der Waals surface area contributed by atoms with E-state index in [1.165, 1.54) is 24.3 Å². The van der Waals surface area contributed by atoms with Crippen molar-refractivity contribution >= 4 is 15.9 Å². The first kappa shape index (κ1) is 14.4. The molecule has 1 aromatic rings. The number of hydrogen-bond acceptors (Lipinski definition) is 1. The third-order valence-electron chi connectivity index (χ3n) is 2.23. The molecular formula is C10H9BrF5N. The summed E-state index contributed by atoms with van der Waals surface area (Å²) in [4.78, 5) is 0. The normalized spacial score (nSPS) is 14.8. The molecule has 0 heterocycles. The van der Waals surface area contributed by atoms with Gasteiger partial charge in [-0.3, -0.25) is 0 Å². The van der Waals surface area contributed by atoms with Crippen LogP contribution in [-0.2, 0) is 0 Å². The van der Waals surface area contributed by atoms with Crippen LogP contribution in [0.1, 0.15) is 11.6 Å². The monoisotopic (exact) mass is 317 g/mol. The van der Waals surface area contributed by atoms with Crippen molar-refractivity contribution in [1.29, 1.82) is 0 Å². The summed E-state index contributed by atoms with van der Waals surface area (Å²) in [6.07, 6.45) is -5.59. The van der Waals surface area contributed by atoms with Crippen LogP contribution in [0.5, 0.6) is 0 Å². The fraction of sp³-hybridized carbons (Fsp3) is 0.400. The van der Waals surface area contributed by atoms with E-state index in [1.54, 1.807) is 0 Å². The first-order chi connectivity index (χ1) is 7.70. The Kier molecular flexibility index (Phi) is 4.14. The molecule has 7 heteroatoms. The maximum atomic E-state index is 13.2. The summed E-state index contributed by atoms with van der Waals surface area (Å²) in [6.45, 7) is 0. The summed E-state index contributed by atoms with van der Waals surface area (Å²) in [5, 5.41) is 2.00. The highest BCUT2D eigenvalue weighted by Crippen LogP contribution is 2.44. The second kappa shape index (κ2) is 4.89. The second-order valence-corrected chi connectivity index (χ2v) is 4.31. The molecule has 96 valence electrons. The van der Waals surface area contributed by atoms with Crippen molar-refractivity contribution in [3.63, 3.8) is 0 Å². The highest BCUT2D eigenvalue weighted by atomic mass is 79.9. The van der Waals surface area contributed by atoms with Gasteiger partial charge in [0.1, 0.15) is 6.04 Å². The molecule has 1 rings (SSSR count). The lowest BCUT2D eigenvalue weighted by molar-refractivity contribution is -0.293.